The lowest BCUT2D eigenvalue weighted by Gasteiger charge is -2.00. The fourth-order valence-electron chi connectivity index (χ4n) is 2.00. The summed E-state index contributed by atoms with van der Waals surface area (Å²) in [5.41, 5.74) is 6.56. The van der Waals surface area contributed by atoms with Crippen LogP contribution in [0, 0.1) is 45.0 Å². The van der Waals surface area contributed by atoms with Crippen LogP contribution in [-0.2, 0) is 0 Å². The monoisotopic (exact) mass is 244 g/mol. The van der Waals surface area contributed by atoms with Gasteiger partial charge in [-0.1, -0.05) is 35.5 Å². The third-order valence-corrected chi connectivity index (χ3v) is 3.11. The van der Waals surface area contributed by atoms with E-state index >= 15 is 0 Å². The Morgan fingerprint density at radius 1 is 0.789 bits per heavy atom. The van der Waals surface area contributed by atoms with Crippen LogP contribution in [-0.4, -0.2) is 0 Å². The Balaban J connectivity index is 2.34. The minimum atomic E-state index is 0.928. The van der Waals surface area contributed by atoms with Crippen LogP contribution in [0.15, 0.2) is 36.4 Å². The standard InChI is InChI=1S/C19H16/c1-5-18-10-7-17(13-16(18)4)8-11-19-9-6-14(2)12-15(19)3/h1,6-7,9-10,12-13H,2-4H3. The summed E-state index contributed by atoms with van der Waals surface area (Å²) in [5, 5.41) is 0. The molecule has 0 aliphatic heterocycles. The highest BCUT2D eigenvalue weighted by Crippen LogP contribution is 2.11. The molecular weight excluding hydrogens is 228 g/mol. The maximum absolute atomic E-state index is 5.41. The zero-order valence-electron chi connectivity index (χ0n) is 11.5. The van der Waals surface area contributed by atoms with Gasteiger partial charge >= 0.3 is 0 Å². The maximum atomic E-state index is 5.41. The fourth-order valence-corrected chi connectivity index (χ4v) is 2.00. The Morgan fingerprint density at radius 3 is 2.11 bits per heavy atom. The molecule has 0 spiro atoms. The van der Waals surface area contributed by atoms with Gasteiger partial charge in [0.25, 0.3) is 0 Å². The van der Waals surface area contributed by atoms with Crippen molar-refractivity contribution in [3.8, 4) is 24.2 Å². The van der Waals surface area contributed by atoms with E-state index in [4.69, 9.17) is 6.42 Å². The van der Waals surface area contributed by atoms with Gasteiger partial charge < -0.3 is 0 Å². The van der Waals surface area contributed by atoms with Crippen LogP contribution in [0.25, 0.3) is 0 Å². The van der Waals surface area contributed by atoms with E-state index in [1.807, 2.05) is 25.1 Å². The second-order valence-corrected chi connectivity index (χ2v) is 4.74. The molecule has 0 heterocycles. The molecule has 0 saturated heterocycles. The van der Waals surface area contributed by atoms with E-state index in [1.54, 1.807) is 0 Å². The SMILES string of the molecule is C#Cc1ccc(C#Cc2ccc(C)cc2C)cc1C. The summed E-state index contributed by atoms with van der Waals surface area (Å²) in [6.07, 6.45) is 5.41. The highest BCUT2D eigenvalue weighted by molar-refractivity contribution is 5.50. The number of terminal acetylenes is 1. The molecule has 0 N–H and O–H groups in total. The molecular formula is C19H16. The van der Waals surface area contributed by atoms with Gasteiger partial charge in [0.1, 0.15) is 0 Å². The van der Waals surface area contributed by atoms with Crippen molar-refractivity contribution in [2.75, 3.05) is 0 Å². The van der Waals surface area contributed by atoms with Crippen molar-refractivity contribution in [1.82, 2.24) is 0 Å². The summed E-state index contributed by atoms with van der Waals surface area (Å²) >= 11 is 0. The largest absolute Gasteiger partial charge is 0.115 e. The Morgan fingerprint density at radius 2 is 1.47 bits per heavy atom. The van der Waals surface area contributed by atoms with Gasteiger partial charge in [-0.2, -0.15) is 0 Å². The lowest BCUT2D eigenvalue weighted by Crippen LogP contribution is -1.85. The van der Waals surface area contributed by atoms with Crippen LogP contribution in [0.5, 0.6) is 0 Å². The second kappa shape index (κ2) is 5.47. The molecule has 0 atom stereocenters. The average Bonchev–Trinajstić information content (AvgIpc) is 2.38. The smallest absolute Gasteiger partial charge is 0.0278 e. The molecule has 0 aromatic heterocycles. The van der Waals surface area contributed by atoms with Crippen LogP contribution in [0.2, 0.25) is 0 Å². The van der Waals surface area contributed by atoms with E-state index in [1.165, 1.54) is 11.1 Å². The van der Waals surface area contributed by atoms with Crippen LogP contribution in [0.4, 0.5) is 0 Å². The number of rotatable bonds is 0. The van der Waals surface area contributed by atoms with Crippen LogP contribution < -0.4 is 0 Å². The first kappa shape index (κ1) is 13.0. The van der Waals surface area contributed by atoms with E-state index in [0.29, 0.717) is 0 Å². The molecule has 0 fully saturated rings. The molecule has 0 saturated carbocycles. The van der Waals surface area contributed by atoms with E-state index in [2.05, 4.69) is 49.8 Å². The summed E-state index contributed by atoms with van der Waals surface area (Å²) < 4.78 is 0. The molecule has 0 unspecified atom stereocenters. The normalized spacial score (nSPS) is 9.37. The zero-order chi connectivity index (χ0) is 13.8. The molecule has 92 valence electrons. The number of hydrogen-bond acceptors (Lipinski definition) is 0. The van der Waals surface area contributed by atoms with Crippen molar-refractivity contribution in [1.29, 1.82) is 0 Å². The first-order valence-electron chi connectivity index (χ1n) is 6.26. The third kappa shape index (κ3) is 3.06. The molecule has 0 heteroatoms. The van der Waals surface area contributed by atoms with Crippen molar-refractivity contribution in [3.63, 3.8) is 0 Å². The number of benzene rings is 2. The van der Waals surface area contributed by atoms with Crippen molar-refractivity contribution >= 4 is 0 Å². The zero-order valence-corrected chi connectivity index (χ0v) is 11.5. The summed E-state index contributed by atoms with van der Waals surface area (Å²) in [6.45, 7) is 6.19. The molecule has 0 radical (unpaired) electrons. The van der Waals surface area contributed by atoms with Gasteiger partial charge in [0.05, 0.1) is 0 Å². The van der Waals surface area contributed by atoms with E-state index in [-0.39, 0.29) is 0 Å². The van der Waals surface area contributed by atoms with Crippen LogP contribution in [0.3, 0.4) is 0 Å². The van der Waals surface area contributed by atoms with Gasteiger partial charge in [-0.05, 0) is 56.2 Å². The molecule has 0 bridgehead atoms. The first-order valence-corrected chi connectivity index (χ1v) is 6.26. The van der Waals surface area contributed by atoms with Gasteiger partial charge in [0.15, 0.2) is 0 Å². The quantitative estimate of drug-likeness (QED) is 0.615. The summed E-state index contributed by atoms with van der Waals surface area (Å²) in [6, 6.07) is 12.3. The predicted molar refractivity (Wildman–Crippen MR) is 81.0 cm³/mol. The van der Waals surface area contributed by atoms with Crippen LogP contribution in [0.1, 0.15) is 33.4 Å². The maximum Gasteiger partial charge on any atom is 0.0278 e. The van der Waals surface area contributed by atoms with E-state index in [0.717, 1.165) is 22.3 Å². The summed E-state index contributed by atoms with van der Waals surface area (Å²) in [7, 11) is 0. The molecule has 19 heavy (non-hydrogen) atoms. The minimum Gasteiger partial charge on any atom is -0.115 e. The Labute approximate surface area is 115 Å². The highest BCUT2D eigenvalue weighted by atomic mass is 14.0. The second-order valence-electron chi connectivity index (χ2n) is 4.74. The van der Waals surface area contributed by atoms with Gasteiger partial charge in [0, 0.05) is 16.7 Å². The van der Waals surface area contributed by atoms with Gasteiger partial charge in [-0.15, -0.1) is 6.42 Å². The molecule has 0 aliphatic rings. The van der Waals surface area contributed by atoms with Crippen molar-refractivity contribution < 1.29 is 0 Å². The average molecular weight is 244 g/mol. The van der Waals surface area contributed by atoms with Crippen molar-refractivity contribution in [2.24, 2.45) is 0 Å². The lowest BCUT2D eigenvalue weighted by atomic mass is 10.0. The first-order chi connectivity index (χ1) is 9.10. The van der Waals surface area contributed by atoms with E-state index < -0.39 is 0 Å². The molecule has 2 aromatic rings. The minimum absolute atomic E-state index is 0.928. The Hall–Kier alpha value is -2.44. The van der Waals surface area contributed by atoms with Crippen molar-refractivity contribution in [2.45, 2.75) is 20.8 Å². The molecule has 0 amide bonds. The summed E-state index contributed by atoms with van der Waals surface area (Å²) in [4.78, 5) is 0. The predicted octanol–water partition coefficient (Wildman–Crippen LogP) is 3.99. The number of aryl methyl sites for hydroxylation is 3. The molecule has 2 rings (SSSR count). The van der Waals surface area contributed by atoms with Gasteiger partial charge in [-0.25, -0.2) is 0 Å². The van der Waals surface area contributed by atoms with Crippen LogP contribution >= 0.6 is 0 Å². The van der Waals surface area contributed by atoms with Gasteiger partial charge in [0.2, 0.25) is 0 Å². The summed E-state index contributed by atoms with van der Waals surface area (Å²) in [5.74, 6) is 9.08. The third-order valence-electron chi connectivity index (χ3n) is 3.11. The van der Waals surface area contributed by atoms with Crippen molar-refractivity contribution in [3.05, 3.63) is 69.8 Å². The fraction of sp³-hybridized carbons (Fsp3) is 0.158. The molecule has 0 aliphatic carbocycles. The topological polar surface area (TPSA) is 0 Å². The lowest BCUT2D eigenvalue weighted by molar-refractivity contribution is 1.36. The number of hydrogen-bond donors (Lipinski definition) is 0. The molecule has 0 nitrogen and oxygen atoms in total. The van der Waals surface area contributed by atoms with Gasteiger partial charge in [-0.3, -0.25) is 0 Å². The highest BCUT2D eigenvalue weighted by Gasteiger charge is 1.96. The Kier molecular flexibility index (Phi) is 3.74. The Bertz CT molecular complexity index is 716. The molecule has 2 aromatic carbocycles. The van der Waals surface area contributed by atoms with E-state index in [9.17, 15) is 0 Å².